The van der Waals surface area contributed by atoms with Crippen LogP contribution < -0.4 is 15.4 Å². The molecule has 0 spiro atoms. The summed E-state index contributed by atoms with van der Waals surface area (Å²) >= 11 is 0. The highest BCUT2D eigenvalue weighted by Gasteiger charge is 2.42. The third kappa shape index (κ3) is 13.7. The standard InChI is InChI=1S/C28H51N5O5S/c1-8-9-16-31-39(37,38)33(20-23(2)3)28(36,18-24-13-11-10-12-14-24)15-17-29-25(34)19-27(4,5)22-30-26(35)21-32(6)7/h10-14,23,31,36H,8-9,15-22H2,1-7H3,(H,29,34)(H,30,35). The molecule has 0 saturated heterocycles. The first-order valence-electron chi connectivity index (χ1n) is 13.8. The number of amides is 2. The summed E-state index contributed by atoms with van der Waals surface area (Å²) in [7, 11) is -0.371. The van der Waals surface area contributed by atoms with Crippen molar-refractivity contribution in [2.45, 2.75) is 72.4 Å². The normalized spacial score (nSPS) is 14.0. The molecule has 0 aliphatic carbocycles. The van der Waals surface area contributed by atoms with Gasteiger partial charge >= 0.3 is 0 Å². The number of rotatable bonds is 19. The molecule has 0 aliphatic heterocycles. The van der Waals surface area contributed by atoms with Gasteiger partial charge in [-0.1, -0.05) is 71.4 Å². The molecule has 0 bridgehead atoms. The van der Waals surface area contributed by atoms with E-state index in [9.17, 15) is 23.1 Å². The lowest BCUT2D eigenvalue weighted by Gasteiger charge is -2.40. The van der Waals surface area contributed by atoms with Gasteiger partial charge < -0.3 is 20.6 Å². The number of nitrogens with zero attached hydrogens (tertiary/aromatic N) is 2. The molecule has 1 atom stereocenters. The average molecular weight is 570 g/mol. The Kier molecular flexibility index (Phi) is 14.6. The smallest absolute Gasteiger partial charge is 0.281 e. The molecular weight excluding hydrogens is 518 g/mol. The van der Waals surface area contributed by atoms with E-state index in [1.807, 2.05) is 79.0 Å². The second kappa shape index (κ2) is 16.3. The van der Waals surface area contributed by atoms with E-state index in [1.54, 1.807) is 4.90 Å². The molecule has 0 aliphatic rings. The first-order chi connectivity index (χ1) is 18.1. The third-order valence-electron chi connectivity index (χ3n) is 6.14. The SMILES string of the molecule is CCCCNS(=O)(=O)N(CC(C)C)C(O)(CCNC(=O)CC(C)(C)CNC(=O)CN(C)C)Cc1ccccc1. The van der Waals surface area contributed by atoms with Crippen molar-refractivity contribution in [3.8, 4) is 0 Å². The summed E-state index contributed by atoms with van der Waals surface area (Å²) in [5, 5.41) is 17.6. The maximum atomic E-state index is 13.4. The highest BCUT2D eigenvalue weighted by Crippen LogP contribution is 2.27. The number of benzene rings is 1. The fourth-order valence-corrected chi connectivity index (χ4v) is 5.80. The fraction of sp³-hybridized carbons (Fsp3) is 0.714. The lowest BCUT2D eigenvalue weighted by atomic mass is 9.88. The van der Waals surface area contributed by atoms with E-state index in [4.69, 9.17) is 0 Å². The lowest BCUT2D eigenvalue weighted by Crippen LogP contribution is -2.58. The molecule has 1 aromatic rings. The van der Waals surface area contributed by atoms with Crippen molar-refractivity contribution < 1.29 is 23.1 Å². The summed E-state index contributed by atoms with van der Waals surface area (Å²) in [6.45, 7) is 10.7. The molecule has 4 N–H and O–H groups in total. The first-order valence-corrected chi connectivity index (χ1v) is 15.3. The van der Waals surface area contributed by atoms with E-state index in [2.05, 4.69) is 15.4 Å². The summed E-state index contributed by atoms with van der Waals surface area (Å²) in [4.78, 5) is 26.5. The zero-order valence-corrected chi connectivity index (χ0v) is 25.7. The maximum absolute atomic E-state index is 13.4. The number of likely N-dealkylation sites (N-methyl/N-ethyl adjacent to an activating group) is 1. The summed E-state index contributed by atoms with van der Waals surface area (Å²) in [5.74, 6) is -0.380. The van der Waals surface area contributed by atoms with Gasteiger partial charge in [0.1, 0.15) is 5.72 Å². The first kappa shape index (κ1) is 35.0. The molecule has 0 heterocycles. The van der Waals surface area contributed by atoms with E-state index in [1.165, 1.54) is 0 Å². The van der Waals surface area contributed by atoms with Crippen LogP contribution in [0.3, 0.4) is 0 Å². The second-order valence-electron chi connectivity index (χ2n) is 11.8. The van der Waals surface area contributed by atoms with Gasteiger partial charge in [-0.05, 0) is 37.4 Å². The molecule has 1 unspecified atom stereocenters. The van der Waals surface area contributed by atoms with Crippen LogP contribution in [0, 0.1) is 11.3 Å². The van der Waals surface area contributed by atoms with Gasteiger partial charge in [0.15, 0.2) is 0 Å². The fourth-order valence-electron chi connectivity index (χ4n) is 4.15. The van der Waals surface area contributed by atoms with Crippen LogP contribution in [0.15, 0.2) is 30.3 Å². The Morgan fingerprint density at radius 1 is 1.03 bits per heavy atom. The van der Waals surface area contributed by atoms with Crippen molar-refractivity contribution in [3.63, 3.8) is 0 Å². The molecule has 0 radical (unpaired) electrons. The number of hydrogen-bond donors (Lipinski definition) is 4. The average Bonchev–Trinajstić information content (AvgIpc) is 2.81. The Balaban J connectivity index is 3.01. The molecule has 0 aromatic heterocycles. The van der Waals surface area contributed by atoms with Crippen molar-refractivity contribution in [3.05, 3.63) is 35.9 Å². The topological polar surface area (TPSA) is 131 Å². The number of unbranched alkanes of at least 4 members (excludes halogenated alkanes) is 1. The predicted molar refractivity (Wildman–Crippen MR) is 156 cm³/mol. The molecule has 11 heteroatoms. The van der Waals surface area contributed by atoms with Crippen LogP contribution in [0.4, 0.5) is 0 Å². The van der Waals surface area contributed by atoms with E-state index < -0.39 is 21.3 Å². The number of hydrogen-bond acceptors (Lipinski definition) is 6. The summed E-state index contributed by atoms with van der Waals surface area (Å²) in [6.07, 6.45) is 1.78. The Hall–Kier alpha value is -2.05. The van der Waals surface area contributed by atoms with Crippen LogP contribution in [0.5, 0.6) is 0 Å². The van der Waals surface area contributed by atoms with Gasteiger partial charge in [0, 0.05) is 45.4 Å². The van der Waals surface area contributed by atoms with Gasteiger partial charge in [-0.25, -0.2) is 4.72 Å². The van der Waals surface area contributed by atoms with Crippen LogP contribution in [0.2, 0.25) is 0 Å². The molecule has 224 valence electrons. The zero-order valence-electron chi connectivity index (χ0n) is 24.9. The van der Waals surface area contributed by atoms with Crippen molar-refractivity contribution in [1.29, 1.82) is 0 Å². The third-order valence-corrected chi connectivity index (χ3v) is 7.78. The molecular formula is C28H51N5O5S. The molecule has 2 amide bonds. The summed E-state index contributed by atoms with van der Waals surface area (Å²) < 4.78 is 30.6. The largest absolute Gasteiger partial charge is 0.374 e. The Morgan fingerprint density at radius 3 is 2.23 bits per heavy atom. The van der Waals surface area contributed by atoms with Crippen molar-refractivity contribution >= 4 is 22.0 Å². The van der Waals surface area contributed by atoms with Crippen LogP contribution in [0.1, 0.15) is 65.9 Å². The van der Waals surface area contributed by atoms with Crippen LogP contribution in [-0.4, -0.2) is 87.1 Å². The Morgan fingerprint density at radius 2 is 1.67 bits per heavy atom. The molecule has 39 heavy (non-hydrogen) atoms. The number of carbonyl (C=O) groups excluding carboxylic acids is 2. The van der Waals surface area contributed by atoms with Crippen molar-refractivity contribution in [2.24, 2.45) is 11.3 Å². The maximum Gasteiger partial charge on any atom is 0.281 e. The lowest BCUT2D eigenvalue weighted by molar-refractivity contribution is -0.125. The van der Waals surface area contributed by atoms with Gasteiger partial charge in [0.25, 0.3) is 10.2 Å². The van der Waals surface area contributed by atoms with Crippen LogP contribution in [0.25, 0.3) is 0 Å². The minimum Gasteiger partial charge on any atom is -0.374 e. The molecule has 0 fully saturated rings. The zero-order chi connectivity index (χ0) is 29.7. The number of aliphatic hydroxyl groups is 1. The second-order valence-corrected chi connectivity index (χ2v) is 13.5. The minimum absolute atomic E-state index is 0.00897. The highest BCUT2D eigenvalue weighted by molar-refractivity contribution is 7.87. The molecule has 10 nitrogen and oxygen atoms in total. The highest BCUT2D eigenvalue weighted by atomic mass is 32.2. The monoisotopic (exact) mass is 569 g/mol. The number of nitrogens with one attached hydrogen (secondary N) is 3. The van der Waals surface area contributed by atoms with Gasteiger partial charge in [-0.2, -0.15) is 12.7 Å². The van der Waals surface area contributed by atoms with E-state index in [0.29, 0.717) is 13.0 Å². The molecule has 0 saturated carbocycles. The Bertz CT molecular complexity index is 985. The van der Waals surface area contributed by atoms with Gasteiger partial charge in [-0.3, -0.25) is 9.59 Å². The van der Waals surface area contributed by atoms with Crippen molar-refractivity contribution in [2.75, 3.05) is 46.8 Å². The van der Waals surface area contributed by atoms with E-state index >= 15 is 0 Å². The van der Waals surface area contributed by atoms with E-state index in [0.717, 1.165) is 16.3 Å². The van der Waals surface area contributed by atoms with Crippen LogP contribution in [-0.2, 0) is 26.2 Å². The van der Waals surface area contributed by atoms with Crippen molar-refractivity contribution in [1.82, 2.24) is 24.6 Å². The Labute approximate surface area is 236 Å². The summed E-state index contributed by atoms with van der Waals surface area (Å²) in [6, 6.07) is 9.25. The quantitative estimate of drug-likeness (QED) is 0.149. The molecule has 1 rings (SSSR count). The van der Waals surface area contributed by atoms with E-state index in [-0.39, 0.29) is 63.2 Å². The predicted octanol–water partition coefficient (Wildman–Crippen LogP) is 2.11. The molecule has 1 aromatic carbocycles. The minimum atomic E-state index is -3.99. The van der Waals surface area contributed by atoms with Crippen LogP contribution >= 0.6 is 0 Å². The van der Waals surface area contributed by atoms with Gasteiger partial charge in [0.2, 0.25) is 11.8 Å². The van der Waals surface area contributed by atoms with Gasteiger partial charge in [0.05, 0.1) is 6.54 Å². The van der Waals surface area contributed by atoms with Gasteiger partial charge in [-0.15, -0.1) is 0 Å². The summed E-state index contributed by atoms with van der Waals surface area (Å²) in [5.41, 5.74) is -1.45. The number of carbonyl (C=O) groups is 2.